The van der Waals surface area contributed by atoms with Crippen LogP contribution in [0.4, 0.5) is 13.2 Å². The first kappa shape index (κ1) is 32.5. The fourth-order valence-electron chi connectivity index (χ4n) is 5.58. The molecule has 215 valence electrons. The molecule has 8 nitrogen and oxygen atoms in total. The van der Waals surface area contributed by atoms with Gasteiger partial charge in [0.2, 0.25) is 0 Å². The summed E-state index contributed by atoms with van der Waals surface area (Å²) in [5.41, 5.74) is 0.286. The first-order chi connectivity index (χ1) is 18.9. The van der Waals surface area contributed by atoms with Gasteiger partial charge in [0, 0.05) is 99.8 Å². The second kappa shape index (κ2) is 13.1. The van der Waals surface area contributed by atoms with Crippen LogP contribution in [0, 0.1) is 0 Å². The van der Waals surface area contributed by atoms with E-state index in [9.17, 15) is 31.5 Å². The van der Waals surface area contributed by atoms with Crippen LogP contribution in [-0.4, -0.2) is 137 Å². The fourth-order valence-corrected chi connectivity index (χ4v) is 6.22. The molecule has 0 bridgehead atoms. The van der Waals surface area contributed by atoms with Crippen LogP contribution in [0.5, 0.6) is 0 Å². The van der Waals surface area contributed by atoms with E-state index >= 15 is 0 Å². The molecular formula is C28H30F3KN3O5S. The Morgan fingerprint density at radius 1 is 1.05 bits per heavy atom. The average Bonchev–Trinajstić information content (AvgIpc) is 2.92. The number of ether oxygens (including phenoxy) is 1. The second-order valence-electron chi connectivity index (χ2n) is 10.3. The molecule has 0 saturated carbocycles. The van der Waals surface area contributed by atoms with E-state index in [1.54, 1.807) is 0 Å². The smallest absolute Gasteiger partial charge is 0.416 e. The predicted octanol–water partition coefficient (Wildman–Crippen LogP) is 3.94. The van der Waals surface area contributed by atoms with Gasteiger partial charge in [0.25, 0.3) is 0 Å². The summed E-state index contributed by atoms with van der Waals surface area (Å²) >= 11 is 0. The molecule has 2 saturated heterocycles. The van der Waals surface area contributed by atoms with Crippen LogP contribution in [0.15, 0.2) is 47.4 Å². The van der Waals surface area contributed by atoms with E-state index in [1.165, 1.54) is 30.3 Å². The Balaban J connectivity index is 0.00000387. The SMILES string of the molecule is CS(=O)(=O)c1ccc2nc(-c3ccc(C(F)(F)F)cc3)c(CN3CCC(N4CCOCC4)CC3)c(C(=O)O)c2c1.[K]. The molecule has 0 aliphatic carbocycles. The molecule has 3 heterocycles. The quantitative estimate of drug-likeness (QED) is 0.416. The fraction of sp³-hybridized carbons (Fsp3) is 0.429. The van der Waals surface area contributed by atoms with Gasteiger partial charge in [-0.2, -0.15) is 13.2 Å². The number of halogens is 3. The minimum absolute atomic E-state index is 0. The van der Waals surface area contributed by atoms with Crippen LogP contribution in [0.2, 0.25) is 0 Å². The van der Waals surface area contributed by atoms with E-state index in [1.807, 2.05) is 0 Å². The minimum atomic E-state index is -4.52. The Kier molecular flexibility index (Phi) is 10.4. The molecule has 0 atom stereocenters. The van der Waals surface area contributed by atoms with Crippen LogP contribution >= 0.6 is 0 Å². The maximum atomic E-state index is 13.2. The van der Waals surface area contributed by atoms with Crippen LogP contribution < -0.4 is 0 Å². The van der Waals surface area contributed by atoms with Gasteiger partial charge in [-0.1, -0.05) is 12.1 Å². The third-order valence-electron chi connectivity index (χ3n) is 7.69. The standard InChI is InChI=1S/C28H30F3N3O5S.K/c1-40(37,38)21-6-7-24-22(16-21)25(27(35)36)23(26(32-24)18-2-4-19(5-3-18)28(29,30)31)17-33-10-8-20(9-11-33)34-12-14-39-15-13-34;/h2-7,16,20H,8-15,17H2,1H3,(H,35,36);. The van der Waals surface area contributed by atoms with Crippen LogP contribution in [-0.2, 0) is 27.3 Å². The van der Waals surface area contributed by atoms with Crippen molar-refractivity contribution in [2.24, 2.45) is 0 Å². The monoisotopic (exact) mass is 616 g/mol. The van der Waals surface area contributed by atoms with E-state index in [-0.39, 0.29) is 85.0 Å². The summed E-state index contributed by atoms with van der Waals surface area (Å²) in [7, 11) is -3.63. The number of morpholine rings is 1. The Hall–Kier alpha value is -1.42. The number of benzene rings is 2. The van der Waals surface area contributed by atoms with Crippen LogP contribution in [0.25, 0.3) is 22.2 Å². The number of aromatic nitrogens is 1. The molecule has 0 amide bonds. The Morgan fingerprint density at radius 3 is 2.24 bits per heavy atom. The number of carboxylic acid groups (broad SMARTS) is 1. The summed E-state index contributed by atoms with van der Waals surface area (Å²) in [6.07, 6.45) is -1.70. The third-order valence-corrected chi connectivity index (χ3v) is 8.80. The van der Waals surface area contributed by atoms with E-state index in [0.717, 1.165) is 44.3 Å². The summed E-state index contributed by atoms with van der Waals surface area (Å²) in [6.45, 7) is 4.78. The van der Waals surface area contributed by atoms with Crippen molar-refractivity contribution in [3.8, 4) is 11.3 Å². The molecule has 1 radical (unpaired) electrons. The van der Waals surface area contributed by atoms with Crippen molar-refractivity contribution in [3.63, 3.8) is 0 Å². The van der Waals surface area contributed by atoms with Crippen molar-refractivity contribution < 1.29 is 36.2 Å². The molecular weight excluding hydrogens is 586 g/mol. The van der Waals surface area contributed by atoms with E-state index in [0.29, 0.717) is 43.5 Å². The second-order valence-corrected chi connectivity index (χ2v) is 12.3. The first-order valence-corrected chi connectivity index (χ1v) is 14.9. The molecule has 3 aromatic rings. The Morgan fingerprint density at radius 2 is 1.68 bits per heavy atom. The van der Waals surface area contributed by atoms with Gasteiger partial charge in [0.1, 0.15) is 0 Å². The zero-order valence-corrected chi connectivity index (χ0v) is 26.9. The maximum absolute atomic E-state index is 13.2. The number of fused-ring (bicyclic) bond motifs is 1. The van der Waals surface area contributed by atoms with Gasteiger partial charge in [0.05, 0.1) is 40.4 Å². The number of rotatable bonds is 6. The molecule has 13 heteroatoms. The molecule has 2 aromatic carbocycles. The number of carboxylic acids is 1. The predicted molar refractivity (Wildman–Crippen MR) is 149 cm³/mol. The molecule has 0 unspecified atom stereocenters. The molecule has 2 fully saturated rings. The van der Waals surface area contributed by atoms with Gasteiger partial charge in [0.15, 0.2) is 9.84 Å². The molecule has 0 spiro atoms. The number of pyridine rings is 1. The van der Waals surface area contributed by atoms with Gasteiger partial charge < -0.3 is 9.84 Å². The van der Waals surface area contributed by atoms with E-state index in [4.69, 9.17) is 4.74 Å². The number of carbonyl (C=O) groups is 1. The van der Waals surface area contributed by atoms with Crippen LogP contribution in [0.1, 0.15) is 34.3 Å². The van der Waals surface area contributed by atoms with Gasteiger partial charge in [-0.05, 0) is 56.3 Å². The summed E-state index contributed by atoms with van der Waals surface area (Å²) in [5.74, 6) is -1.26. The van der Waals surface area contributed by atoms with Crippen molar-refractivity contribution in [3.05, 3.63) is 59.2 Å². The molecule has 41 heavy (non-hydrogen) atoms. The van der Waals surface area contributed by atoms with Crippen molar-refractivity contribution in [1.82, 2.24) is 14.8 Å². The summed E-state index contributed by atoms with van der Waals surface area (Å²) in [4.78, 5) is 21.9. The normalized spacial score (nSPS) is 17.9. The largest absolute Gasteiger partial charge is 0.478 e. The van der Waals surface area contributed by atoms with Crippen molar-refractivity contribution in [2.45, 2.75) is 36.5 Å². The van der Waals surface area contributed by atoms with Crippen molar-refractivity contribution in [2.75, 3.05) is 45.6 Å². The van der Waals surface area contributed by atoms with E-state index in [2.05, 4.69) is 14.8 Å². The number of sulfone groups is 1. The van der Waals surface area contributed by atoms with Gasteiger partial charge >= 0.3 is 12.1 Å². The third kappa shape index (κ3) is 7.39. The van der Waals surface area contributed by atoms with Gasteiger partial charge in [-0.3, -0.25) is 9.80 Å². The van der Waals surface area contributed by atoms with Crippen molar-refractivity contribution >= 4 is 78.1 Å². The van der Waals surface area contributed by atoms with Crippen LogP contribution in [0.3, 0.4) is 0 Å². The molecule has 2 aliphatic rings. The Labute approximate surface area is 279 Å². The Bertz CT molecular complexity index is 1520. The number of hydrogen-bond acceptors (Lipinski definition) is 7. The molecule has 1 N–H and O–H groups in total. The molecule has 2 aliphatic heterocycles. The number of hydrogen-bond donors (Lipinski definition) is 1. The van der Waals surface area contributed by atoms with Gasteiger partial charge in [-0.25, -0.2) is 18.2 Å². The number of likely N-dealkylation sites (tertiary alicyclic amines) is 1. The first-order valence-electron chi connectivity index (χ1n) is 13.0. The molecule has 1 aromatic heterocycles. The number of piperidine rings is 1. The summed E-state index contributed by atoms with van der Waals surface area (Å²) in [5, 5.41) is 10.5. The summed E-state index contributed by atoms with van der Waals surface area (Å²) < 4.78 is 69.6. The topological polar surface area (TPSA) is 100 Å². The number of aromatic carboxylic acids is 1. The average molecular weight is 617 g/mol. The number of alkyl halides is 3. The molecule has 5 rings (SSSR count). The summed E-state index contributed by atoms with van der Waals surface area (Å²) in [6, 6.07) is 8.99. The maximum Gasteiger partial charge on any atom is 0.416 e. The zero-order valence-electron chi connectivity index (χ0n) is 22.9. The number of nitrogens with zero attached hydrogens (tertiary/aromatic N) is 3. The van der Waals surface area contributed by atoms with Crippen molar-refractivity contribution in [1.29, 1.82) is 0 Å². The zero-order chi connectivity index (χ0) is 28.7. The minimum Gasteiger partial charge on any atom is -0.478 e. The van der Waals surface area contributed by atoms with E-state index < -0.39 is 27.5 Å². The van der Waals surface area contributed by atoms with Gasteiger partial charge in [-0.15, -0.1) is 0 Å².